The first-order valence-electron chi connectivity index (χ1n) is 5.60. The highest BCUT2D eigenvalue weighted by Crippen LogP contribution is 2.12. The van der Waals surface area contributed by atoms with E-state index in [1.165, 1.54) is 12.3 Å². The first-order chi connectivity index (χ1) is 9.61. The molecule has 2 rings (SSSR count). The van der Waals surface area contributed by atoms with Crippen molar-refractivity contribution in [1.82, 2.24) is 4.98 Å². The van der Waals surface area contributed by atoms with Crippen LogP contribution in [-0.2, 0) is 0 Å². The Morgan fingerprint density at radius 2 is 2.00 bits per heavy atom. The van der Waals surface area contributed by atoms with E-state index in [2.05, 4.69) is 15.5 Å². The number of hydrogen-bond donors (Lipinski definition) is 3. The second-order valence-corrected chi connectivity index (χ2v) is 3.87. The maximum Gasteiger partial charge on any atom is 0.258 e. The van der Waals surface area contributed by atoms with Gasteiger partial charge in [0.2, 0.25) is 0 Å². The summed E-state index contributed by atoms with van der Waals surface area (Å²) in [5, 5.41) is 13.9. The third-order valence-electron chi connectivity index (χ3n) is 2.56. The number of anilines is 1. The second-order valence-electron chi connectivity index (χ2n) is 3.87. The van der Waals surface area contributed by atoms with E-state index in [9.17, 15) is 9.18 Å². The van der Waals surface area contributed by atoms with E-state index in [1.807, 2.05) is 0 Å². The zero-order chi connectivity index (χ0) is 14.5. The molecule has 1 aromatic heterocycles. The third-order valence-corrected chi connectivity index (χ3v) is 2.56. The van der Waals surface area contributed by atoms with Crippen LogP contribution in [0, 0.1) is 5.82 Å². The number of hydrogen-bond acceptors (Lipinski definition) is 4. The summed E-state index contributed by atoms with van der Waals surface area (Å²) in [6.07, 6.45) is 2.30. The number of carbonyl (C=O) groups is 1. The molecular formula is C13H11FN4O2. The van der Waals surface area contributed by atoms with Crippen molar-refractivity contribution < 1.29 is 14.4 Å². The van der Waals surface area contributed by atoms with Crippen LogP contribution in [0.25, 0.3) is 0 Å². The fourth-order valence-corrected chi connectivity index (χ4v) is 1.54. The Morgan fingerprint density at radius 3 is 2.60 bits per heavy atom. The molecule has 0 atom stereocenters. The molecule has 1 amide bonds. The van der Waals surface area contributed by atoms with Gasteiger partial charge in [0, 0.05) is 17.4 Å². The molecule has 0 spiro atoms. The van der Waals surface area contributed by atoms with Gasteiger partial charge in [0.15, 0.2) is 11.7 Å². The Kier molecular flexibility index (Phi) is 3.90. The molecule has 0 fully saturated rings. The summed E-state index contributed by atoms with van der Waals surface area (Å²) in [6.45, 7) is 0. The minimum Gasteiger partial charge on any atom is -0.409 e. The lowest BCUT2D eigenvalue weighted by molar-refractivity contribution is 0.102. The van der Waals surface area contributed by atoms with E-state index in [0.29, 0.717) is 11.3 Å². The van der Waals surface area contributed by atoms with Crippen LogP contribution in [0.4, 0.5) is 10.1 Å². The molecule has 7 heteroatoms. The number of pyridine rings is 1. The Morgan fingerprint density at radius 1 is 1.30 bits per heavy atom. The van der Waals surface area contributed by atoms with Crippen LogP contribution >= 0.6 is 0 Å². The van der Waals surface area contributed by atoms with Crippen molar-refractivity contribution in [1.29, 1.82) is 0 Å². The number of nitrogens with two attached hydrogens (primary N) is 1. The molecule has 6 nitrogen and oxygen atoms in total. The number of benzene rings is 1. The van der Waals surface area contributed by atoms with Crippen LogP contribution in [0.5, 0.6) is 0 Å². The molecule has 0 aliphatic carbocycles. The zero-order valence-corrected chi connectivity index (χ0v) is 10.2. The molecule has 0 saturated carbocycles. The molecule has 0 unspecified atom stereocenters. The zero-order valence-electron chi connectivity index (χ0n) is 10.2. The van der Waals surface area contributed by atoms with E-state index in [-0.39, 0.29) is 11.4 Å². The number of aromatic nitrogens is 1. The lowest BCUT2D eigenvalue weighted by Crippen LogP contribution is -2.15. The minimum absolute atomic E-state index is 0.0388. The minimum atomic E-state index is -0.696. The largest absolute Gasteiger partial charge is 0.409 e. The van der Waals surface area contributed by atoms with Gasteiger partial charge >= 0.3 is 0 Å². The highest BCUT2D eigenvalue weighted by atomic mass is 19.1. The predicted molar refractivity (Wildman–Crippen MR) is 71.1 cm³/mol. The number of nitrogens with one attached hydrogen (secondary N) is 1. The molecule has 1 aromatic carbocycles. The van der Waals surface area contributed by atoms with Gasteiger partial charge in [0.1, 0.15) is 0 Å². The highest BCUT2D eigenvalue weighted by molar-refractivity contribution is 6.04. The Balaban J connectivity index is 2.15. The van der Waals surface area contributed by atoms with Gasteiger partial charge in [-0.2, -0.15) is 0 Å². The summed E-state index contributed by atoms with van der Waals surface area (Å²) < 4.78 is 13.4. The number of halogens is 1. The number of carbonyl (C=O) groups excluding carboxylic acids is 1. The number of oxime groups is 1. The van der Waals surface area contributed by atoms with Gasteiger partial charge in [-0.25, -0.2) is 4.39 Å². The number of amides is 1. The quantitative estimate of drug-likeness (QED) is 0.342. The van der Waals surface area contributed by atoms with Crippen molar-refractivity contribution in [2.24, 2.45) is 10.9 Å². The number of nitrogens with zero attached hydrogens (tertiary/aromatic N) is 2. The van der Waals surface area contributed by atoms with E-state index >= 15 is 0 Å². The van der Waals surface area contributed by atoms with Gasteiger partial charge in [0.05, 0.1) is 11.8 Å². The maximum atomic E-state index is 13.4. The monoisotopic (exact) mass is 274 g/mol. The van der Waals surface area contributed by atoms with Crippen LogP contribution < -0.4 is 11.1 Å². The molecule has 20 heavy (non-hydrogen) atoms. The van der Waals surface area contributed by atoms with Crippen LogP contribution in [0.15, 0.2) is 47.9 Å². The van der Waals surface area contributed by atoms with Crippen molar-refractivity contribution in [3.8, 4) is 0 Å². The Hall–Kier alpha value is -2.96. The average molecular weight is 274 g/mol. The average Bonchev–Trinajstić information content (AvgIpc) is 2.47. The van der Waals surface area contributed by atoms with Gasteiger partial charge in [0.25, 0.3) is 5.91 Å². The normalized spacial score (nSPS) is 11.2. The second kappa shape index (κ2) is 5.79. The van der Waals surface area contributed by atoms with E-state index in [4.69, 9.17) is 10.9 Å². The topological polar surface area (TPSA) is 101 Å². The smallest absolute Gasteiger partial charge is 0.258 e. The van der Waals surface area contributed by atoms with Crippen molar-refractivity contribution in [2.75, 3.05) is 5.32 Å². The van der Waals surface area contributed by atoms with Crippen molar-refractivity contribution in [2.45, 2.75) is 0 Å². The summed E-state index contributed by atoms with van der Waals surface area (Å²) in [4.78, 5) is 15.4. The van der Waals surface area contributed by atoms with Crippen LogP contribution in [-0.4, -0.2) is 21.9 Å². The SMILES string of the molecule is NC(=NO)c1ccc(NC(=O)c2ccncc2F)cc1. The number of rotatable bonds is 3. The molecule has 0 bridgehead atoms. The lowest BCUT2D eigenvalue weighted by atomic mass is 10.2. The molecule has 2 aromatic rings. The molecule has 1 heterocycles. The summed E-state index contributed by atoms with van der Waals surface area (Å²) in [5.41, 5.74) is 6.28. The first kappa shape index (κ1) is 13.5. The highest BCUT2D eigenvalue weighted by Gasteiger charge is 2.11. The molecule has 0 radical (unpaired) electrons. The van der Waals surface area contributed by atoms with E-state index in [0.717, 1.165) is 6.20 Å². The summed E-state index contributed by atoms with van der Waals surface area (Å²) in [5.74, 6) is -1.32. The Labute approximate surface area is 113 Å². The van der Waals surface area contributed by atoms with Gasteiger partial charge in [-0.1, -0.05) is 5.16 Å². The summed E-state index contributed by atoms with van der Waals surface area (Å²) >= 11 is 0. The van der Waals surface area contributed by atoms with Gasteiger partial charge in [-0.3, -0.25) is 9.78 Å². The Bertz CT molecular complexity index is 656. The lowest BCUT2D eigenvalue weighted by Gasteiger charge is -2.06. The van der Waals surface area contributed by atoms with Gasteiger partial charge < -0.3 is 16.3 Å². The molecule has 0 aliphatic heterocycles. The van der Waals surface area contributed by atoms with E-state index < -0.39 is 11.7 Å². The summed E-state index contributed by atoms with van der Waals surface area (Å²) in [7, 11) is 0. The van der Waals surface area contributed by atoms with Crippen LogP contribution in [0.2, 0.25) is 0 Å². The molecular weight excluding hydrogens is 263 g/mol. The first-order valence-corrected chi connectivity index (χ1v) is 5.60. The van der Waals surface area contributed by atoms with Crippen molar-refractivity contribution >= 4 is 17.4 Å². The molecule has 0 aliphatic rings. The maximum absolute atomic E-state index is 13.4. The van der Waals surface area contributed by atoms with Gasteiger partial charge in [-0.05, 0) is 30.3 Å². The van der Waals surface area contributed by atoms with Crippen molar-refractivity contribution in [3.63, 3.8) is 0 Å². The van der Waals surface area contributed by atoms with Crippen LogP contribution in [0.1, 0.15) is 15.9 Å². The predicted octanol–water partition coefficient (Wildman–Crippen LogP) is 1.57. The molecule has 102 valence electrons. The number of amidine groups is 1. The van der Waals surface area contributed by atoms with Gasteiger partial charge in [-0.15, -0.1) is 0 Å². The standard InChI is InChI=1S/C13H11FN4O2/c14-11-7-16-6-5-10(11)13(19)17-9-3-1-8(2-4-9)12(15)18-20/h1-7,20H,(H2,15,18)(H,17,19). The van der Waals surface area contributed by atoms with Crippen molar-refractivity contribution in [3.05, 3.63) is 59.7 Å². The fourth-order valence-electron chi connectivity index (χ4n) is 1.54. The molecule has 4 N–H and O–H groups in total. The van der Waals surface area contributed by atoms with E-state index in [1.54, 1.807) is 24.3 Å². The molecule has 0 saturated heterocycles. The summed E-state index contributed by atoms with van der Waals surface area (Å²) in [6, 6.07) is 7.53. The van der Waals surface area contributed by atoms with Crippen LogP contribution in [0.3, 0.4) is 0 Å². The fraction of sp³-hybridized carbons (Fsp3) is 0. The third kappa shape index (κ3) is 2.89.